The number of hydrogen-bond acceptors (Lipinski definition) is 2. The van der Waals surface area contributed by atoms with Gasteiger partial charge in [0.15, 0.2) is 0 Å². The Bertz CT molecular complexity index is 789. The maximum absolute atomic E-state index is 9.59. The molecule has 0 saturated carbocycles. The molecule has 22 heavy (non-hydrogen) atoms. The molecule has 0 amide bonds. The summed E-state index contributed by atoms with van der Waals surface area (Å²) < 4.78 is 0. The van der Waals surface area contributed by atoms with Gasteiger partial charge >= 0.3 is 0 Å². The first-order chi connectivity index (χ1) is 10.6. The number of aromatic nitrogens is 2. The molecule has 3 aromatic rings. The van der Waals surface area contributed by atoms with Gasteiger partial charge in [0.2, 0.25) is 0 Å². The minimum atomic E-state index is 0.0641. The van der Waals surface area contributed by atoms with Crippen molar-refractivity contribution in [3.05, 3.63) is 65.2 Å². The first-order valence-corrected chi connectivity index (χ1v) is 7.74. The van der Waals surface area contributed by atoms with Crippen LogP contribution in [0.15, 0.2) is 42.7 Å². The van der Waals surface area contributed by atoms with Crippen LogP contribution in [0.4, 0.5) is 0 Å². The summed E-state index contributed by atoms with van der Waals surface area (Å²) in [6, 6.07) is 12.5. The Morgan fingerprint density at radius 3 is 2.41 bits per heavy atom. The standard InChI is InChI=1S/C19H22N2O/c1-12(2)18(19-13(3)20-11-21-19)17-9-8-14(10-22)15-6-4-5-7-16(15)17/h4-9,11-12,18,22H,10H2,1-3H3,(H,20,21). The van der Waals surface area contributed by atoms with Gasteiger partial charge in [-0.3, -0.25) is 0 Å². The van der Waals surface area contributed by atoms with Crippen LogP contribution in [0.25, 0.3) is 10.8 Å². The molecule has 0 bridgehead atoms. The Kier molecular flexibility index (Phi) is 3.99. The number of benzene rings is 2. The summed E-state index contributed by atoms with van der Waals surface area (Å²) in [5, 5.41) is 11.9. The Labute approximate surface area is 131 Å². The van der Waals surface area contributed by atoms with E-state index in [4.69, 9.17) is 0 Å². The van der Waals surface area contributed by atoms with E-state index in [0.29, 0.717) is 5.92 Å². The van der Waals surface area contributed by atoms with Crippen molar-refractivity contribution in [1.29, 1.82) is 0 Å². The van der Waals surface area contributed by atoms with Crippen molar-refractivity contribution in [3.8, 4) is 0 Å². The predicted molar refractivity (Wildman–Crippen MR) is 89.9 cm³/mol. The Morgan fingerprint density at radius 1 is 1.09 bits per heavy atom. The molecule has 1 atom stereocenters. The number of aliphatic hydroxyl groups excluding tert-OH is 1. The fourth-order valence-corrected chi connectivity index (χ4v) is 3.30. The van der Waals surface area contributed by atoms with E-state index in [0.717, 1.165) is 22.3 Å². The van der Waals surface area contributed by atoms with Crippen molar-refractivity contribution < 1.29 is 5.11 Å². The van der Waals surface area contributed by atoms with E-state index in [2.05, 4.69) is 55.0 Å². The van der Waals surface area contributed by atoms with Crippen LogP contribution in [0.2, 0.25) is 0 Å². The quantitative estimate of drug-likeness (QED) is 0.759. The summed E-state index contributed by atoms with van der Waals surface area (Å²) in [6.07, 6.45) is 1.77. The number of aromatic amines is 1. The van der Waals surface area contributed by atoms with Gasteiger partial charge in [0.25, 0.3) is 0 Å². The van der Waals surface area contributed by atoms with Gasteiger partial charge in [0, 0.05) is 11.6 Å². The highest BCUT2D eigenvalue weighted by Gasteiger charge is 2.24. The lowest BCUT2D eigenvalue weighted by Gasteiger charge is -2.23. The molecule has 0 spiro atoms. The minimum Gasteiger partial charge on any atom is -0.392 e. The van der Waals surface area contributed by atoms with E-state index in [1.165, 1.54) is 10.9 Å². The zero-order chi connectivity index (χ0) is 15.7. The van der Waals surface area contributed by atoms with Crippen LogP contribution in [0.1, 0.15) is 42.3 Å². The molecule has 0 radical (unpaired) electrons. The summed E-state index contributed by atoms with van der Waals surface area (Å²) in [7, 11) is 0. The number of nitrogens with one attached hydrogen (secondary N) is 1. The van der Waals surface area contributed by atoms with E-state index < -0.39 is 0 Å². The second-order valence-corrected chi connectivity index (χ2v) is 6.15. The van der Waals surface area contributed by atoms with Gasteiger partial charge in [-0.1, -0.05) is 50.2 Å². The molecule has 2 aromatic carbocycles. The smallest absolute Gasteiger partial charge is 0.0925 e. The molecule has 0 aliphatic carbocycles. The lowest BCUT2D eigenvalue weighted by molar-refractivity contribution is 0.283. The molecule has 3 rings (SSSR count). The molecular weight excluding hydrogens is 272 g/mol. The van der Waals surface area contributed by atoms with E-state index in [1.807, 2.05) is 12.1 Å². The number of fused-ring (bicyclic) bond motifs is 1. The van der Waals surface area contributed by atoms with Gasteiger partial charge in [-0.15, -0.1) is 0 Å². The van der Waals surface area contributed by atoms with Crippen LogP contribution in [0, 0.1) is 12.8 Å². The zero-order valence-corrected chi connectivity index (χ0v) is 13.3. The van der Waals surface area contributed by atoms with Crippen LogP contribution in [0.3, 0.4) is 0 Å². The number of rotatable bonds is 4. The van der Waals surface area contributed by atoms with Gasteiger partial charge in [0.05, 0.1) is 18.6 Å². The SMILES string of the molecule is Cc1[nH]cnc1C(c1ccc(CO)c2ccccc12)C(C)C. The lowest BCUT2D eigenvalue weighted by atomic mass is 9.82. The number of aliphatic hydroxyl groups is 1. The monoisotopic (exact) mass is 294 g/mol. The first-order valence-electron chi connectivity index (χ1n) is 7.74. The molecule has 3 nitrogen and oxygen atoms in total. The minimum absolute atomic E-state index is 0.0641. The summed E-state index contributed by atoms with van der Waals surface area (Å²) in [6.45, 7) is 6.59. The maximum Gasteiger partial charge on any atom is 0.0925 e. The fraction of sp³-hybridized carbons (Fsp3) is 0.316. The van der Waals surface area contributed by atoms with Crippen molar-refractivity contribution in [1.82, 2.24) is 9.97 Å². The van der Waals surface area contributed by atoms with Gasteiger partial charge < -0.3 is 10.1 Å². The molecule has 1 aromatic heterocycles. The summed E-state index contributed by atoms with van der Waals surface area (Å²) in [4.78, 5) is 7.75. The second-order valence-electron chi connectivity index (χ2n) is 6.15. The Morgan fingerprint density at radius 2 is 1.82 bits per heavy atom. The van der Waals surface area contributed by atoms with Crippen LogP contribution in [-0.2, 0) is 6.61 Å². The van der Waals surface area contributed by atoms with Crippen LogP contribution in [-0.4, -0.2) is 15.1 Å². The van der Waals surface area contributed by atoms with Crippen molar-refractivity contribution in [2.75, 3.05) is 0 Å². The second kappa shape index (κ2) is 5.93. The maximum atomic E-state index is 9.59. The molecule has 1 unspecified atom stereocenters. The molecule has 2 N–H and O–H groups in total. The average Bonchev–Trinajstić information content (AvgIpc) is 2.93. The predicted octanol–water partition coefficient (Wildman–Crippen LogP) is 4.15. The zero-order valence-electron chi connectivity index (χ0n) is 13.3. The van der Waals surface area contributed by atoms with Crippen molar-refractivity contribution >= 4 is 10.8 Å². The number of nitrogens with zero attached hydrogens (tertiary/aromatic N) is 1. The molecule has 0 fully saturated rings. The average molecular weight is 294 g/mol. The Balaban J connectivity index is 2.26. The number of aryl methyl sites for hydroxylation is 1. The largest absolute Gasteiger partial charge is 0.392 e. The van der Waals surface area contributed by atoms with E-state index in [9.17, 15) is 5.11 Å². The van der Waals surface area contributed by atoms with E-state index in [-0.39, 0.29) is 12.5 Å². The highest BCUT2D eigenvalue weighted by atomic mass is 16.3. The fourth-order valence-electron chi connectivity index (χ4n) is 3.30. The topological polar surface area (TPSA) is 48.9 Å². The highest BCUT2D eigenvalue weighted by Crippen LogP contribution is 2.37. The van der Waals surface area contributed by atoms with Crippen LogP contribution < -0.4 is 0 Å². The van der Waals surface area contributed by atoms with Gasteiger partial charge in [-0.25, -0.2) is 4.98 Å². The molecule has 0 saturated heterocycles. The Hall–Kier alpha value is -2.13. The number of imidazole rings is 1. The third-order valence-electron chi connectivity index (χ3n) is 4.38. The highest BCUT2D eigenvalue weighted by molar-refractivity contribution is 5.89. The van der Waals surface area contributed by atoms with Crippen molar-refractivity contribution in [2.45, 2.75) is 33.3 Å². The third-order valence-corrected chi connectivity index (χ3v) is 4.38. The summed E-state index contributed by atoms with van der Waals surface area (Å²) >= 11 is 0. The van der Waals surface area contributed by atoms with Crippen LogP contribution in [0.5, 0.6) is 0 Å². The number of H-pyrrole nitrogens is 1. The van der Waals surface area contributed by atoms with Gasteiger partial charge in [-0.05, 0) is 34.7 Å². The van der Waals surface area contributed by atoms with E-state index >= 15 is 0 Å². The third kappa shape index (κ3) is 2.42. The molecular formula is C19H22N2O. The number of hydrogen-bond donors (Lipinski definition) is 2. The molecule has 114 valence electrons. The molecule has 0 aliphatic rings. The first kappa shape index (κ1) is 14.8. The lowest BCUT2D eigenvalue weighted by Crippen LogP contribution is -2.11. The van der Waals surface area contributed by atoms with E-state index in [1.54, 1.807) is 6.33 Å². The molecule has 0 aliphatic heterocycles. The van der Waals surface area contributed by atoms with Crippen molar-refractivity contribution in [3.63, 3.8) is 0 Å². The summed E-state index contributed by atoms with van der Waals surface area (Å²) in [5.41, 5.74) is 4.48. The molecule has 3 heteroatoms. The summed E-state index contributed by atoms with van der Waals surface area (Å²) in [5.74, 6) is 0.675. The van der Waals surface area contributed by atoms with Gasteiger partial charge in [0.1, 0.15) is 0 Å². The van der Waals surface area contributed by atoms with Crippen molar-refractivity contribution in [2.24, 2.45) is 5.92 Å². The molecule has 1 heterocycles. The normalized spacial score (nSPS) is 13.0. The van der Waals surface area contributed by atoms with Crippen LogP contribution >= 0.6 is 0 Å². The van der Waals surface area contributed by atoms with Gasteiger partial charge in [-0.2, -0.15) is 0 Å².